The van der Waals surface area contributed by atoms with Crippen LogP contribution in [0.3, 0.4) is 0 Å². The van der Waals surface area contributed by atoms with Crippen LogP contribution in [0.1, 0.15) is 82.3 Å². The van der Waals surface area contributed by atoms with Gasteiger partial charge in [0, 0.05) is 4.43 Å². The van der Waals surface area contributed by atoms with Crippen molar-refractivity contribution in [2.45, 2.75) is 82.5 Å². The molecule has 126 valence electrons. The first kappa shape index (κ1) is 19.8. The van der Waals surface area contributed by atoms with Crippen LogP contribution in [-0.2, 0) is 4.43 Å². The van der Waals surface area contributed by atoms with Gasteiger partial charge in [0.05, 0.1) is 6.61 Å². The quantitative estimate of drug-likeness (QED) is 0.187. The zero-order chi connectivity index (χ0) is 16.0. The predicted octanol–water partition coefficient (Wildman–Crippen LogP) is 7.23. The summed E-state index contributed by atoms with van der Waals surface area (Å²) in [5.41, 5.74) is 2.66. The number of benzene rings is 1. The van der Waals surface area contributed by atoms with E-state index in [0.717, 1.165) is 16.8 Å². The SMILES string of the molecule is CCCCCCCCCCCCOc1cc(C)cc(CI)c1. The van der Waals surface area contributed by atoms with Crippen molar-refractivity contribution in [3.05, 3.63) is 29.3 Å². The molecule has 0 aliphatic carbocycles. The Kier molecular flexibility index (Phi) is 11.9. The average Bonchev–Trinajstić information content (AvgIpc) is 2.52. The normalized spacial score (nSPS) is 10.9. The molecule has 0 spiro atoms. The molecule has 1 aromatic carbocycles. The highest BCUT2D eigenvalue weighted by Crippen LogP contribution is 2.19. The molecule has 0 bridgehead atoms. The summed E-state index contributed by atoms with van der Waals surface area (Å²) < 4.78 is 6.95. The highest BCUT2D eigenvalue weighted by atomic mass is 127. The zero-order valence-electron chi connectivity index (χ0n) is 14.5. The van der Waals surface area contributed by atoms with Gasteiger partial charge in [0.15, 0.2) is 0 Å². The summed E-state index contributed by atoms with van der Waals surface area (Å²) in [7, 11) is 0. The van der Waals surface area contributed by atoms with Crippen molar-refractivity contribution in [3.8, 4) is 5.75 Å². The Morgan fingerprint density at radius 3 is 2.00 bits per heavy atom. The van der Waals surface area contributed by atoms with Crippen molar-refractivity contribution in [1.29, 1.82) is 0 Å². The van der Waals surface area contributed by atoms with E-state index < -0.39 is 0 Å². The lowest BCUT2D eigenvalue weighted by molar-refractivity contribution is 0.304. The van der Waals surface area contributed by atoms with Gasteiger partial charge < -0.3 is 4.74 Å². The molecule has 22 heavy (non-hydrogen) atoms. The van der Waals surface area contributed by atoms with Gasteiger partial charge in [0.2, 0.25) is 0 Å². The average molecular weight is 416 g/mol. The predicted molar refractivity (Wildman–Crippen MR) is 106 cm³/mol. The summed E-state index contributed by atoms with van der Waals surface area (Å²) in [5.74, 6) is 1.04. The molecule has 0 fully saturated rings. The molecular formula is C20H33IO. The van der Waals surface area contributed by atoms with Crippen LogP contribution in [0.15, 0.2) is 18.2 Å². The summed E-state index contributed by atoms with van der Waals surface area (Å²) in [6.45, 7) is 5.28. The Balaban J connectivity index is 1.98. The number of halogens is 1. The first-order valence-electron chi connectivity index (χ1n) is 9.05. The van der Waals surface area contributed by atoms with Crippen molar-refractivity contribution in [2.75, 3.05) is 6.61 Å². The molecule has 0 amide bonds. The molecule has 2 heteroatoms. The van der Waals surface area contributed by atoms with Gasteiger partial charge in [-0.1, -0.05) is 93.4 Å². The van der Waals surface area contributed by atoms with Gasteiger partial charge in [-0.2, -0.15) is 0 Å². The maximum atomic E-state index is 5.90. The standard InChI is InChI=1S/C20H33IO/c1-3-4-5-6-7-8-9-10-11-12-13-22-20-15-18(2)14-19(16-20)17-21/h14-16H,3-13,17H2,1-2H3. The third kappa shape index (κ3) is 9.70. The smallest absolute Gasteiger partial charge is 0.119 e. The van der Waals surface area contributed by atoms with Gasteiger partial charge >= 0.3 is 0 Å². The lowest BCUT2D eigenvalue weighted by atomic mass is 10.1. The molecular weight excluding hydrogens is 383 g/mol. The Hall–Kier alpha value is -0.250. The van der Waals surface area contributed by atoms with Gasteiger partial charge in [-0.3, -0.25) is 0 Å². The van der Waals surface area contributed by atoms with Crippen molar-refractivity contribution < 1.29 is 4.74 Å². The molecule has 0 aromatic heterocycles. The second kappa shape index (κ2) is 13.2. The largest absolute Gasteiger partial charge is 0.494 e. The second-order valence-corrected chi connectivity index (χ2v) is 7.08. The fourth-order valence-corrected chi connectivity index (χ4v) is 3.20. The third-order valence-electron chi connectivity index (χ3n) is 4.03. The van der Waals surface area contributed by atoms with E-state index in [9.17, 15) is 0 Å². The van der Waals surface area contributed by atoms with Crippen LogP contribution in [-0.4, -0.2) is 6.61 Å². The molecule has 1 rings (SSSR count). The maximum Gasteiger partial charge on any atom is 0.119 e. The first-order chi connectivity index (χ1) is 10.8. The summed E-state index contributed by atoms with van der Waals surface area (Å²) >= 11 is 2.41. The fraction of sp³-hybridized carbons (Fsp3) is 0.700. The van der Waals surface area contributed by atoms with Crippen LogP contribution < -0.4 is 4.74 Å². The van der Waals surface area contributed by atoms with E-state index >= 15 is 0 Å². The Bertz CT molecular complexity index is 389. The second-order valence-electron chi connectivity index (χ2n) is 6.32. The third-order valence-corrected chi connectivity index (χ3v) is 4.91. The van der Waals surface area contributed by atoms with Crippen molar-refractivity contribution >= 4 is 22.6 Å². The van der Waals surface area contributed by atoms with Crippen LogP contribution >= 0.6 is 22.6 Å². The molecule has 0 aliphatic rings. The maximum absolute atomic E-state index is 5.90. The summed E-state index contributed by atoms with van der Waals surface area (Å²) in [6, 6.07) is 6.56. The van der Waals surface area contributed by atoms with E-state index in [1.807, 2.05) is 0 Å². The van der Waals surface area contributed by atoms with E-state index in [-0.39, 0.29) is 0 Å². The summed E-state index contributed by atoms with van der Waals surface area (Å²) in [6.07, 6.45) is 13.7. The van der Waals surface area contributed by atoms with Gasteiger partial charge in [-0.15, -0.1) is 0 Å². The number of rotatable bonds is 13. The number of hydrogen-bond acceptors (Lipinski definition) is 1. The molecule has 0 unspecified atom stereocenters. The highest BCUT2D eigenvalue weighted by molar-refractivity contribution is 14.1. The van der Waals surface area contributed by atoms with Crippen LogP contribution in [0.4, 0.5) is 0 Å². The van der Waals surface area contributed by atoms with Gasteiger partial charge in [0.25, 0.3) is 0 Å². The molecule has 0 atom stereocenters. The Labute approximate surface area is 151 Å². The monoisotopic (exact) mass is 416 g/mol. The molecule has 0 N–H and O–H groups in total. The van der Waals surface area contributed by atoms with E-state index in [1.165, 1.54) is 75.3 Å². The molecule has 0 radical (unpaired) electrons. The lowest BCUT2D eigenvalue weighted by Crippen LogP contribution is -1.98. The molecule has 0 heterocycles. The zero-order valence-corrected chi connectivity index (χ0v) is 16.7. The van der Waals surface area contributed by atoms with Crippen molar-refractivity contribution in [1.82, 2.24) is 0 Å². The summed E-state index contributed by atoms with van der Waals surface area (Å²) in [5, 5.41) is 0. The molecule has 0 aliphatic heterocycles. The number of alkyl halides is 1. The molecule has 1 aromatic rings. The molecule has 1 nitrogen and oxygen atoms in total. The van der Waals surface area contributed by atoms with E-state index in [1.54, 1.807) is 0 Å². The van der Waals surface area contributed by atoms with Crippen LogP contribution in [0.2, 0.25) is 0 Å². The minimum Gasteiger partial charge on any atom is -0.494 e. The van der Waals surface area contributed by atoms with Gasteiger partial charge in [-0.25, -0.2) is 0 Å². The van der Waals surface area contributed by atoms with Crippen LogP contribution in [0, 0.1) is 6.92 Å². The van der Waals surface area contributed by atoms with E-state index in [2.05, 4.69) is 54.6 Å². The van der Waals surface area contributed by atoms with E-state index in [4.69, 9.17) is 4.74 Å². The fourth-order valence-electron chi connectivity index (χ4n) is 2.76. The number of hydrogen-bond donors (Lipinski definition) is 0. The summed E-state index contributed by atoms with van der Waals surface area (Å²) in [4.78, 5) is 0. The van der Waals surface area contributed by atoms with Crippen molar-refractivity contribution in [3.63, 3.8) is 0 Å². The van der Waals surface area contributed by atoms with Gasteiger partial charge in [-0.05, 0) is 36.6 Å². The number of ether oxygens (including phenoxy) is 1. The Morgan fingerprint density at radius 2 is 1.41 bits per heavy atom. The number of unbranched alkanes of at least 4 members (excludes halogenated alkanes) is 9. The lowest BCUT2D eigenvalue weighted by Gasteiger charge is -2.09. The first-order valence-corrected chi connectivity index (χ1v) is 10.6. The molecule has 0 saturated carbocycles. The minimum absolute atomic E-state index is 0.862. The van der Waals surface area contributed by atoms with Crippen LogP contribution in [0.25, 0.3) is 0 Å². The van der Waals surface area contributed by atoms with Crippen molar-refractivity contribution in [2.24, 2.45) is 0 Å². The Morgan fingerprint density at radius 1 is 0.818 bits per heavy atom. The van der Waals surface area contributed by atoms with Gasteiger partial charge in [0.1, 0.15) is 5.75 Å². The van der Waals surface area contributed by atoms with Crippen LogP contribution in [0.5, 0.6) is 5.75 Å². The minimum atomic E-state index is 0.862. The molecule has 0 saturated heterocycles. The van der Waals surface area contributed by atoms with E-state index in [0.29, 0.717) is 0 Å². The highest BCUT2D eigenvalue weighted by Gasteiger charge is 1.99. The number of aryl methyl sites for hydroxylation is 1. The topological polar surface area (TPSA) is 9.23 Å².